The Hall–Kier alpha value is -2.30. The van der Waals surface area contributed by atoms with E-state index in [-0.39, 0.29) is 17.9 Å². The van der Waals surface area contributed by atoms with E-state index in [1.165, 1.54) is 0 Å². The Labute approximate surface area is 207 Å². The first-order valence-corrected chi connectivity index (χ1v) is 12.1. The number of amides is 1. The van der Waals surface area contributed by atoms with Crippen LogP contribution in [-0.2, 0) is 14.3 Å². The SMILES string of the molecule is C=CC[C@]1(C)CC[C@@H](c2ccc(Cl)cc2)N(C(CC)C(=O)OCC)C1=O.Clc1ccccc1. The highest BCUT2D eigenvalue weighted by Crippen LogP contribution is 2.44. The maximum atomic E-state index is 13.4. The number of allylic oxidation sites excluding steroid dienone is 1. The van der Waals surface area contributed by atoms with E-state index in [0.717, 1.165) is 23.4 Å². The van der Waals surface area contributed by atoms with E-state index < -0.39 is 11.5 Å². The fourth-order valence-corrected chi connectivity index (χ4v) is 4.43. The van der Waals surface area contributed by atoms with Crippen LogP contribution in [0.1, 0.15) is 58.1 Å². The standard InChI is InChI=1S/C21H28ClNO3.C6H5Cl/c1-5-13-21(4)14-12-18(15-8-10-16(22)11-9-15)23(20(21)25)17(6-2)19(24)26-7-3;7-6-4-2-1-3-5-6/h5,8-11,17-18H,1,6-7,12-14H2,2-4H3;1-5H/t17?,18-,21+;/m0./s1. The van der Waals surface area contributed by atoms with Crippen molar-refractivity contribution in [3.8, 4) is 0 Å². The predicted molar refractivity (Wildman–Crippen MR) is 135 cm³/mol. The number of nitrogens with zero attached hydrogens (tertiary/aromatic N) is 1. The zero-order valence-corrected chi connectivity index (χ0v) is 21.1. The minimum absolute atomic E-state index is 0.0106. The van der Waals surface area contributed by atoms with Crippen LogP contribution in [0.4, 0.5) is 0 Å². The van der Waals surface area contributed by atoms with Gasteiger partial charge in [0.2, 0.25) is 5.91 Å². The average molecular weight is 490 g/mol. The number of hydrogen-bond donors (Lipinski definition) is 0. The van der Waals surface area contributed by atoms with Crippen molar-refractivity contribution in [2.45, 2.75) is 58.5 Å². The molecule has 6 heteroatoms. The van der Waals surface area contributed by atoms with Crippen LogP contribution in [0.2, 0.25) is 10.0 Å². The Kier molecular flexibility index (Phi) is 10.5. The summed E-state index contributed by atoms with van der Waals surface area (Å²) in [5.41, 5.74) is 0.455. The number of halogens is 2. The lowest BCUT2D eigenvalue weighted by atomic mass is 9.74. The van der Waals surface area contributed by atoms with Gasteiger partial charge in [0.05, 0.1) is 18.1 Å². The molecular weight excluding hydrogens is 457 g/mol. The Morgan fingerprint density at radius 1 is 1.15 bits per heavy atom. The molecule has 0 spiro atoms. The maximum Gasteiger partial charge on any atom is 0.328 e. The van der Waals surface area contributed by atoms with Gasteiger partial charge in [0.1, 0.15) is 6.04 Å². The Balaban J connectivity index is 0.000000468. The number of esters is 1. The summed E-state index contributed by atoms with van der Waals surface area (Å²) < 4.78 is 5.25. The molecule has 3 atom stereocenters. The molecule has 178 valence electrons. The van der Waals surface area contributed by atoms with Crippen LogP contribution in [0.15, 0.2) is 67.3 Å². The molecule has 0 aliphatic carbocycles. The summed E-state index contributed by atoms with van der Waals surface area (Å²) in [6.07, 6.45) is 4.42. The summed E-state index contributed by atoms with van der Waals surface area (Å²) in [7, 11) is 0. The van der Waals surface area contributed by atoms with E-state index in [1.807, 2.05) is 68.4 Å². The maximum absolute atomic E-state index is 13.4. The number of ether oxygens (including phenoxy) is 1. The third kappa shape index (κ3) is 7.09. The molecule has 4 nitrogen and oxygen atoms in total. The molecule has 2 aromatic rings. The number of benzene rings is 2. The van der Waals surface area contributed by atoms with Crippen LogP contribution in [0.5, 0.6) is 0 Å². The van der Waals surface area contributed by atoms with E-state index in [4.69, 9.17) is 27.9 Å². The largest absolute Gasteiger partial charge is 0.464 e. The fraction of sp³-hybridized carbons (Fsp3) is 0.407. The second-order valence-corrected chi connectivity index (χ2v) is 9.22. The van der Waals surface area contributed by atoms with Crippen molar-refractivity contribution in [1.29, 1.82) is 0 Å². The molecular formula is C27H33Cl2NO3. The smallest absolute Gasteiger partial charge is 0.328 e. The van der Waals surface area contributed by atoms with Gasteiger partial charge in [-0.3, -0.25) is 4.79 Å². The van der Waals surface area contributed by atoms with Crippen molar-refractivity contribution in [3.05, 3.63) is 82.9 Å². The van der Waals surface area contributed by atoms with Gasteiger partial charge in [-0.2, -0.15) is 0 Å². The predicted octanol–water partition coefficient (Wildman–Crippen LogP) is 7.27. The highest BCUT2D eigenvalue weighted by atomic mass is 35.5. The van der Waals surface area contributed by atoms with Crippen molar-refractivity contribution in [2.24, 2.45) is 5.41 Å². The van der Waals surface area contributed by atoms with Crippen molar-refractivity contribution >= 4 is 35.1 Å². The summed E-state index contributed by atoms with van der Waals surface area (Å²) in [5, 5.41) is 1.44. The van der Waals surface area contributed by atoms with E-state index in [9.17, 15) is 9.59 Å². The van der Waals surface area contributed by atoms with Crippen molar-refractivity contribution in [3.63, 3.8) is 0 Å². The second-order valence-electron chi connectivity index (χ2n) is 8.34. The Morgan fingerprint density at radius 2 is 1.76 bits per heavy atom. The number of rotatable bonds is 7. The van der Waals surface area contributed by atoms with Crippen molar-refractivity contribution < 1.29 is 14.3 Å². The van der Waals surface area contributed by atoms with Crippen LogP contribution in [0.25, 0.3) is 0 Å². The van der Waals surface area contributed by atoms with E-state index in [2.05, 4.69) is 6.58 Å². The number of piperidine rings is 1. The van der Waals surface area contributed by atoms with Gasteiger partial charge in [-0.05, 0) is 62.4 Å². The van der Waals surface area contributed by atoms with Crippen LogP contribution in [0.3, 0.4) is 0 Å². The zero-order valence-electron chi connectivity index (χ0n) is 19.6. The second kappa shape index (κ2) is 12.8. The molecule has 0 saturated carbocycles. The molecule has 1 aliphatic heterocycles. The monoisotopic (exact) mass is 489 g/mol. The third-order valence-electron chi connectivity index (χ3n) is 5.92. The first kappa shape index (κ1) is 26.9. The van der Waals surface area contributed by atoms with Crippen LogP contribution >= 0.6 is 23.2 Å². The molecule has 1 heterocycles. The van der Waals surface area contributed by atoms with Crippen LogP contribution in [0, 0.1) is 5.41 Å². The third-order valence-corrected chi connectivity index (χ3v) is 6.42. The summed E-state index contributed by atoms with van der Waals surface area (Å²) in [5.74, 6) is -0.353. The lowest BCUT2D eigenvalue weighted by molar-refractivity contribution is -0.165. The van der Waals surface area contributed by atoms with Gasteiger partial charge < -0.3 is 9.64 Å². The lowest BCUT2D eigenvalue weighted by Crippen LogP contribution is -2.55. The van der Waals surface area contributed by atoms with Gasteiger partial charge in [0.15, 0.2) is 0 Å². The van der Waals surface area contributed by atoms with Crippen molar-refractivity contribution in [2.75, 3.05) is 6.61 Å². The van der Waals surface area contributed by atoms with Crippen LogP contribution < -0.4 is 0 Å². The van der Waals surface area contributed by atoms with Gasteiger partial charge in [-0.1, -0.05) is 73.5 Å². The normalized spacial score (nSPS) is 20.9. The molecule has 0 radical (unpaired) electrons. The quantitative estimate of drug-likeness (QED) is 0.303. The van der Waals surface area contributed by atoms with E-state index in [1.54, 1.807) is 17.9 Å². The average Bonchev–Trinajstić information content (AvgIpc) is 2.79. The van der Waals surface area contributed by atoms with Gasteiger partial charge in [-0.25, -0.2) is 4.79 Å². The first-order chi connectivity index (χ1) is 15.8. The summed E-state index contributed by atoms with van der Waals surface area (Å²) >= 11 is 11.6. The number of likely N-dealkylation sites (tertiary alicyclic amines) is 1. The van der Waals surface area contributed by atoms with Crippen molar-refractivity contribution in [1.82, 2.24) is 4.90 Å². The fourth-order valence-electron chi connectivity index (χ4n) is 4.16. The minimum atomic E-state index is -0.590. The molecule has 2 aromatic carbocycles. The molecule has 1 fully saturated rings. The highest BCUT2D eigenvalue weighted by molar-refractivity contribution is 6.30. The Bertz CT molecular complexity index is 917. The molecule has 0 bridgehead atoms. The van der Waals surface area contributed by atoms with Gasteiger partial charge >= 0.3 is 5.97 Å². The number of carbonyl (C=O) groups is 2. The van der Waals surface area contributed by atoms with E-state index >= 15 is 0 Å². The van der Waals surface area contributed by atoms with E-state index in [0.29, 0.717) is 24.5 Å². The number of hydrogen-bond acceptors (Lipinski definition) is 3. The zero-order chi connectivity index (χ0) is 24.4. The molecule has 1 unspecified atom stereocenters. The Morgan fingerprint density at radius 3 is 2.24 bits per heavy atom. The molecule has 0 N–H and O–H groups in total. The van der Waals surface area contributed by atoms with Gasteiger partial charge in [0, 0.05) is 10.0 Å². The van der Waals surface area contributed by atoms with Crippen LogP contribution in [-0.4, -0.2) is 29.4 Å². The molecule has 33 heavy (non-hydrogen) atoms. The van der Waals surface area contributed by atoms with Gasteiger partial charge in [-0.15, -0.1) is 6.58 Å². The number of carbonyl (C=O) groups excluding carboxylic acids is 2. The highest BCUT2D eigenvalue weighted by Gasteiger charge is 2.47. The lowest BCUT2D eigenvalue weighted by Gasteiger charge is -2.47. The summed E-state index contributed by atoms with van der Waals surface area (Å²) in [6.45, 7) is 9.74. The molecule has 1 saturated heterocycles. The first-order valence-electron chi connectivity index (χ1n) is 11.3. The summed E-state index contributed by atoms with van der Waals surface area (Å²) in [6, 6.07) is 16.2. The molecule has 1 amide bonds. The molecule has 0 aromatic heterocycles. The minimum Gasteiger partial charge on any atom is -0.464 e. The topological polar surface area (TPSA) is 46.6 Å². The molecule has 1 aliphatic rings. The van der Waals surface area contributed by atoms with Gasteiger partial charge in [0.25, 0.3) is 0 Å². The molecule has 3 rings (SSSR count). The summed E-state index contributed by atoms with van der Waals surface area (Å²) in [4.78, 5) is 27.7.